The third-order valence-electron chi connectivity index (χ3n) is 4.81. The standard InChI is InChI=1S/C19H20N4O5S2/c24-19-9-6-13-11-16(7-8-17(13)21-19)29(25,26)22-14-3-1-4-15(12-14)30(27,28)23-18-5-2-10-20-18/h1,3-4,7-8,11-12,22H,2,5-6,9-10H2,(H,20,23)(H,21,24). The first-order valence-electron chi connectivity index (χ1n) is 9.35. The van der Waals surface area contributed by atoms with Gasteiger partial charge in [0.1, 0.15) is 5.84 Å². The highest BCUT2D eigenvalue weighted by Crippen LogP contribution is 2.27. The van der Waals surface area contributed by atoms with Crippen LogP contribution in [0.5, 0.6) is 0 Å². The molecule has 0 fully saturated rings. The van der Waals surface area contributed by atoms with Crippen molar-refractivity contribution in [2.75, 3.05) is 16.6 Å². The van der Waals surface area contributed by atoms with Gasteiger partial charge in [0.05, 0.1) is 15.5 Å². The fourth-order valence-corrected chi connectivity index (χ4v) is 5.54. The highest BCUT2D eigenvalue weighted by atomic mass is 32.2. The van der Waals surface area contributed by atoms with E-state index < -0.39 is 20.0 Å². The van der Waals surface area contributed by atoms with Crippen molar-refractivity contribution in [1.29, 1.82) is 0 Å². The molecule has 0 saturated heterocycles. The fourth-order valence-electron chi connectivity index (χ4n) is 3.30. The van der Waals surface area contributed by atoms with Crippen molar-refractivity contribution < 1.29 is 21.6 Å². The molecule has 2 aromatic rings. The van der Waals surface area contributed by atoms with Crippen LogP contribution in [0.25, 0.3) is 0 Å². The maximum atomic E-state index is 12.8. The van der Waals surface area contributed by atoms with Crippen molar-refractivity contribution >= 4 is 43.2 Å². The summed E-state index contributed by atoms with van der Waals surface area (Å²) in [6.45, 7) is 0.585. The maximum absolute atomic E-state index is 12.8. The highest BCUT2D eigenvalue weighted by molar-refractivity contribution is 7.92. The Labute approximate surface area is 174 Å². The highest BCUT2D eigenvalue weighted by Gasteiger charge is 2.22. The van der Waals surface area contributed by atoms with Gasteiger partial charge >= 0.3 is 0 Å². The Bertz CT molecular complexity index is 1250. The second kappa shape index (κ2) is 7.73. The number of benzene rings is 2. The van der Waals surface area contributed by atoms with Gasteiger partial charge in [-0.15, -0.1) is 0 Å². The van der Waals surface area contributed by atoms with E-state index >= 15 is 0 Å². The third-order valence-corrected chi connectivity index (χ3v) is 7.56. The van der Waals surface area contributed by atoms with E-state index in [1.54, 1.807) is 6.07 Å². The summed E-state index contributed by atoms with van der Waals surface area (Å²) >= 11 is 0. The minimum Gasteiger partial charge on any atom is -0.326 e. The summed E-state index contributed by atoms with van der Waals surface area (Å²) in [5.74, 6) is 0.300. The second-order valence-electron chi connectivity index (χ2n) is 7.04. The zero-order chi connectivity index (χ0) is 21.4. The van der Waals surface area contributed by atoms with Crippen molar-refractivity contribution in [2.45, 2.75) is 35.5 Å². The lowest BCUT2D eigenvalue weighted by Crippen LogP contribution is -2.29. The molecule has 0 bridgehead atoms. The van der Waals surface area contributed by atoms with Gasteiger partial charge in [0, 0.05) is 25.1 Å². The van der Waals surface area contributed by atoms with Gasteiger partial charge in [-0.2, -0.15) is 0 Å². The Hall–Kier alpha value is -2.92. The van der Waals surface area contributed by atoms with Crippen LogP contribution in [0.15, 0.2) is 57.2 Å². The van der Waals surface area contributed by atoms with Crippen molar-refractivity contribution in [2.24, 2.45) is 4.99 Å². The van der Waals surface area contributed by atoms with Crippen LogP contribution in [0.3, 0.4) is 0 Å². The normalized spacial score (nSPS) is 16.4. The molecule has 3 N–H and O–H groups in total. The number of nitrogens with one attached hydrogen (secondary N) is 3. The number of carbonyl (C=O) groups excluding carboxylic acids is 1. The molecule has 11 heteroatoms. The number of sulfonamides is 2. The first-order chi connectivity index (χ1) is 14.2. The molecule has 4 rings (SSSR count). The molecule has 1 amide bonds. The zero-order valence-electron chi connectivity index (χ0n) is 15.9. The first-order valence-corrected chi connectivity index (χ1v) is 12.3. The number of amides is 1. The molecule has 0 saturated carbocycles. The number of fused-ring (bicyclic) bond motifs is 1. The van der Waals surface area contributed by atoms with Crippen molar-refractivity contribution in [3.8, 4) is 0 Å². The second-order valence-corrected chi connectivity index (χ2v) is 10.4. The van der Waals surface area contributed by atoms with E-state index in [4.69, 9.17) is 0 Å². The summed E-state index contributed by atoms with van der Waals surface area (Å²) in [5, 5.41) is 2.70. The van der Waals surface area contributed by atoms with E-state index in [1.807, 2.05) is 0 Å². The molecule has 0 aromatic heterocycles. The van der Waals surface area contributed by atoms with Crippen LogP contribution in [-0.2, 0) is 31.3 Å². The van der Waals surface area contributed by atoms with Crippen molar-refractivity contribution in [3.63, 3.8) is 0 Å². The topological polar surface area (TPSA) is 134 Å². The first kappa shape index (κ1) is 20.4. The van der Waals surface area contributed by atoms with Crippen molar-refractivity contribution in [1.82, 2.24) is 4.72 Å². The van der Waals surface area contributed by atoms with Gasteiger partial charge in [-0.05, 0) is 54.8 Å². The summed E-state index contributed by atoms with van der Waals surface area (Å²) in [4.78, 5) is 15.5. The number of amidine groups is 1. The van der Waals surface area contributed by atoms with E-state index in [9.17, 15) is 21.6 Å². The Balaban J connectivity index is 1.57. The number of rotatable bonds is 5. The Morgan fingerprint density at radius 3 is 2.40 bits per heavy atom. The zero-order valence-corrected chi connectivity index (χ0v) is 17.5. The Morgan fingerprint density at radius 1 is 0.867 bits per heavy atom. The molecule has 158 valence electrons. The van der Waals surface area contributed by atoms with E-state index in [0.29, 0.717) is 37.3 Å². The van der Waals surface area contributed by atoms with Gasteiger partial charge in [-0.25, -0.2) is 16.8 Å². The number of hydrogen-bond acceptors (Lipinski definition) is 6. The number of nitrogens with zero attached hydrogens (tertiary/aromatic N) is 1. The molecule has 0 atom stereocenters. The average molecular weight is 449 g/mol. The monoisotopic (exact) mass is 448 g/mol. The Kier molecular flexibility index (Phi) is 5.24. The summed E-state index contributed by atoms with van der Waals surface area (Å²) in [5.41, 5.74) is 1.45. The molecule has 0 spiro atoms. The average Bonchev–Trinajstić information content (AvgIpc) is 3.19. The van der Waals surface area contributed by atoms with Gasteiger partial charge < -0.3 is 5.32 Å². The molecular formula is C19H20N4O5S2. The molecule has 30 heavy (non-hydrogen) atoms. The van der Waals surface area contributed by atoms with Crippen LogP contribution < -0.4 is 14.8 Å². The van der Waals surface area contributed by atoms with Gasteiger partial charge in [0.2, 0.25) is 5.91 Å². The molecule has 2 aliphatic rings. The predicted octanol–water partition coefficient (Wildman–Crippen LogP) is 1.84. The largest absolute Gasteiger partial charge is 0.326 e. The van der Waals surface area contributed by atoms with Crippen molar-refractivity contribution in [3.05, 3.63) is 48.0 Å². The number of hydrogen-bond donors (Lipinski definition) is 3. The van der Waals surface area contributed by atoms with Gasteiger partial charge in [-0.3, -0.25) is 19.2 Å². The number of anilines is 2. The minimum atomic E-state index is -3.95. The lowest BCUT2D eigenvalue weighted by Gasteiger charge is -2.18. The molecule has 2 aliphatic heterocycles. The summed E-state index contributed by atoms with van der Waals surface area (Å²) < 4.78 is 55.6. The molecule has 9 nitrogen and oxygen atoms in total. The lowest BCUT2D eigenvalue weighted by atomic mass is 10.0. The molecule has 2 heterocycles. The SMILES string of the molecule is O=C1CCc2cc(S(=O)(=O)Nc3cccc(S(=O)(=O)NC4=NCCC4)c3)ccc2N1. The van der Waals surface area contributed by atoms with Crippen LogP contribution in [0.4, 0.5) is 11.4 Å². The molecule has 0 aliphatic carbocycles. The molecular weight excluding hydrogens is 428 g/mol. The van der Waals surface area contributed by atoms with E-state index in [0.717, 1.165) is 12.0 Å². The summed E-state index contributed by atoms with van der Waals surface area (Å²) in [6.07, 6.45) is 2.10. The Morgan fingerprint density at radius 2 is 1.63 bits per heavy atom. The number of aryl methyl sites for hydroxylation is 1. The van der Waals surface area contributed by atoms with Crippen LogP contribution >= 0.6 is 0 Å². The lowest BCUT2D eigenvalue weighted by molar-refractivity contribution is -0.116. The summed E-state index contributed by atoms with van der Waals surface area (Å²) in [6, 6.07) is 10.0. The number of aliphatic imine (C=N–C) groups is 1. The van der Waals surface area contributed by atoms with Crippen LogP contribution in [0.1, 0.15) is 24.8 Å². The molecule has 2 aromatic carbocycles. The predicted molar refractivity (Wildman–Crippen MR) is 113 cm³/mol. The van der Waals surface area contributed by atoms with Crippen LogP contribution in [0.2, 0.25) is 0 Å². The van der Waals surface area contributed by atoms with Crippen LogP contribution in [0, 0.1) is 0 Å². The van der Waals surface area contributed by atoms with E-state index in [2.05, 4.69) is 19.8 Å². The smallest absolute Gasteiger partial charge is 0.262 e. The maximum Gasteiger partial charge on any atom is 0.262 e. The number of carbonyl (C=O) groups is 1. The minimum absolute atomic E-state index is 0.0316. The van der Waals surface area contributed by atoms with Gasteiger partial charge in [-0.1, -0.05) is 6.07 Å². The van der Waals surface area contributed by atoms with Gasteiger partial charge in [0.25, 0.3) is 20.0 Å². The molecule has 0 unspecified atom stereocenters. The van der Waals surface area contributed by atoms with E-state index in [1.165, 1.54) is 36.4 Å². The van der Waals surface area contributed by atoms with Crippen LogP contribution in [-0.4, -0.2) is 35.1 Å². The third kappa shape index (κ3) is 4.31. The molecule has 0 radical (unpaired) electrons. The van der Waals surface area contributed by atoms with Gasteiger partial charge in [0.15, 0.2) is 0 Å². The fraction of sp³-hybridized carbons (Fsp3) is 0.263. The quantitative estimate of drug-likeness (QED) is 0.642. The van der Waals surface area contributed by atoms with E-state index in [-0.39, 0.29) is 21.4 Å². The summed E-state index contributed by atoms with van der Waals surface area (Å²) in [7, 11) is -7.81.